The molecule has 1 unspecified atom stereocenters. The normalized spacial score (nSPS) is 17.3. The molecule has 0 saturated carbocycles. The molecule has 4 heteroatoms. The fourth-order valence-corrected chi connectivity index (χ4v) is 2.87. The van der Waals surface area contributed by atoms with E-state index in [2.05, 4.69) is 0 Å². The van der Waals surface area contributed by atoms with Gasteiger partial charge in [0.25, 0.3) is 0 Å². The fraction of sp³-hybridized carbons (Fsp3) is 0.235. The molecule has 2 nitrogen and oxygen atoms in total. The lowest BCUT2D eigenvalue weighted by atomic mass is 9.93. The molecule has 1 aliphatic rings. The average molecular weight is 305 g/mol. The molecule has 0 amide bonds. The van der Waals surface area contributed by atoms with E-state index in [0.717, 1.165) is 12.0 Å². The topological polar surface area (TPSA) is 26.3 Å². The summed E-state index contributed by atoms with van der Waals surface area (Å²) in [6.07, 6.45) is 0.726. The monoisotopic (exact) mass is 304 g/mol. The van der Waals surface area contributed by atoms with E-state index >= 15 is 0 Å². The summed E-state index contributed by atoms with van der Waals surface area (Å²) >= 11 is 5.87. The minimum Gasteiger partial charge on any atom is -0.373 e. The molecule has 21 heavy (non-hydrogen) atoms. The Bertz CT molecular complexity index is 684. The van der Waals surface area contributed by atoms with Gasteiger partial charge in [0.15, 0.2) is 5.78 Å². The molecule has 0 spiro atoms. The van der Waals surface area contributed by atoms with Crippen molar-refractivity contribution in [3.05, 3.63) is 70.0 Å². The van der Waals surface area contributed by atoms with Crippen LogP contribution in [0.15, 0.2) is 42.5 Å². The zero-order valence-corrected chi connectivity index (χ0v) is 12.1. The standard InChI is InChI=1S/C17H14ClFO2/c18-17-13(6-3-7-14(17)19)15(20)10-16-12-5-2-1-4-11(12)8-9-21-16/h1-7,16H,8-10H2. The first-order valence-electron chi connectivity index (χ1n) is 6.83. The maximum Gasteiger partial charge on any atom is 0.167 e. The highest BCUT2D eigenvalue weighted by atomic mass is 35.5. The minimum absolute atomic E-state index is 0.119. The molecule has 2 aromatic rings. The van der Waals surface area contributed by atoms with Crippen molar-refractivity contribution in [1.82, 2.24) is 0 Å². The van der Waals surface area contributed by atoms with Crippen molar-refractivity contribution in [3.63, 3.8) is 0 Å². The molecule has 0 radical (unpaired) electrons. The van der Waals surface area contributed by atoms with Gasteiger partial charge in [-0.05, 0) is 29.7 Å². The lowest BCUT2D eigenvalue weighted by Crippen LogP contribution is -2.19. The van der Waals surface area contributed by atoms with Gasteiger partial charge >= 0.3 is 0 Å². The zero-order valence-electron chi connectivity index (χ0n) is 11.3. The van der Waals surface area contributed by atoms with E-state index in [1.165, 1.54) is 17.7 Å². The van der Waals surface area contributed by atoms with Gasteiger partial charge in [0.05, 0.1) is 17.7 Å². The number of fused-ring (bicyclic) bond motifs is 1. The summed E-state index contributed by atoms with van der Waals surface area (Å²) in [6.45, 7) is 0.589. The number of halogens is 2. The molecule has 3 rings (SSSR count). The van der Waals surface area contributed by atoms with Gasteiger partial charge in [-0.2, -0.15) is 0 Å². The minimum atomic E-state index is -0.576. The van der Waals surface area contributed by atoms with Crippen molar-refractivity contribution in [3.8, 4) is 0 Å². The molecule has 2 aromatic carbocycles. The number of carbonyl (C=O) groups is 1. The van der Waals surface area contributed by atoms with E-state index < -0.39 is 5.82 Å². The number of benzene rings is 2. The van der Waals surface area contributed by atoms with E-state index in [1.54, 1.807) is 6.07 Å². The van der Waals surface area contributed by atoms with Crippen molar-refractivity contribution in [2.24, 2.45) is 0 Å². The molecule has 1 atom stereocenters. The number of hydrogen-bond donors (Lipinski definition) is 0. The van der Waals surface area contributed by atoms with Crippen molar-refractivity contribution in [1.29, 1.82) is 0 Å². The van der Waals surface area contributed by atoms with Gasteiger partial charge in [0.2, 0.25) is 0 Å². The molecule has 0 fully saturated rings. The number of rotatable bonds is 3. The summed E-state index contributed by atoms with van der Waals surface area (Å²) < 4.78 is 19.2. The van der Waals surface area contributed by atoms with Gasteiger partial charge in [-0.15, -0.1) is 0 Å². The van der Waals surface area contributed by atoms with E-state index in [9.17, 15) is 9.18 Å². The van der Waals surface area contributed by atoms with E-state index in [4.69, 9.17) is 16.3 Å². The van der Waals surface area contributed by atoms with Crippen LogP contribution in [0.5, 0.6) is 0 Å². The van der Waals surface area contributed by atoms with Crippen LogP contribution in [-0.2, 0) is 11.2 Å². The number of ketones is 1. The third kappa shape index (κ3) is 2.85. The van der Waals surface area contributed by atoms with E-state index in [-0.39, 0.29) is 28.9 Å². The van der Waals surface area contributed by atoms with Gasteiger partial charge in [-0.3, -0.25) is 4.79 Å². The fourth-order valence-electron chi connectivity index (χ4n) is 2.64. The zero-order chi connectivity index (χ0) is 14.8. The predicted molar refractivity (Wildman–Crippen MR) is 79.2 cm³/mol. The molecular formula is C17H14ClFO2. The van der Waals surface area contributed by atoms with Crippen LogP contribution >= 0.6 is 11.6 Å². The van der Waals surface area contributed by atoms with Gasteiger partial charge in [0, 0.05) is 12.0 Å². The molecule has 1 aliphatic heterocycles. The van der Waals surface area contributed by atoms with Gasteiger partial charge < -0.3 is 4.74 Å². The van der Waals surface area contributed by atoms with Crippen LogP contribution in [0.1, 0.15) is 34.0 Å². The molecule has 0 aromatic heterocycles. The van der Waals surface area contributed by atoms with E-state index in [1.807, 2.05) is 24.3 Å². The second-order valence-electron chi connectivity index (χ2n) is 5.04. The molecule has 108 valence electrons. The highest BCUT2D eigenvalue weighted by Crippen LogP contribution is 2.31. The summed E-state index contributed by atoms with van der Waals surface area (Å²) in [6, 6.07) is 12.2. The first-order valence-corrected chi connectivity index (χ1v) is 7.21. The van der Waals surface area contributed by atoms with Crippen molar-refractivity contribution in [2.45, 2.75) is 18.9 Å². The molecule has 0 bridgehead atoms. The molecule has 0 aliphatic carbocycles. The third-order valence-electron chi connectivity index (χ3n) is 3.72. The first-order chi connectivity index (χ1) is 10.2. The maximum atomic E-state index is 13.4. The van der Waals surface area contributed by atoms with Gasteiger partial charge in [0.1, 0.15) is 5.82 Å². The Morgan fingerprint density at radius 1 is 1.24 bits per heavy atom. The van der Waals surface area contributed by atoms with Crippen LogP contribution in [0.25, 0.3) is 0 Å². The van der Waals surface area contributed by atoms with Crippen molar-refractivity contribution in [2.75, 3.05) is 6.61 Å². The van der Waals surface area contributed by atoms with Crippen molar-refractivity contribution >= 4 is 17.4 Å². The van der Waals surface area contributed by atoms with Crippen LogP contribution in [-0.4, -0.2) is 12.4 Å². The highest BCUT2D eigenvalue weighted by Gasteiger charge is 2.24. The average Bonchev–Trinajstić information content (AvgIpc) is 2.50. The second-order valence-corrected chi connectivity index (χ2v) is 5.41. The molecule has 0 N–H and O–H groups in total. The lowest BCUT2D eigenvalue weighted by molar-refractivity contribution is 0.0352. The smallest absolute Gasteiger partial charge is 0.167 e. The number of hydrogen-bond acceptors (Lipinski definition) is 2. The second kappa shape index (κ2) is 5.96. The van der Waals surface area contributed by atoms with Crippen LogP contribution < -0.4 is 0 Å². The Kier molecular flexibility index (Phi) is 4.04. The Balaban J connectivity index is 1.85. The highest BCUT2D eigenvalue weighted by molar-refractivity contribution is 6.34. The SMILES string of the molecule is O=C(CC1OCCc2ccccc21)c1cccc(F)c1Cl. The predicted octanol–water partition coefficient (Wildman–Crippen LogP) is 4.37. The Labute approximate surface area is 127 Å². The molecular weight excluding hydrogens is 291 g/mol. The summed E-state index contributed by atoms with van der Waals surface area (Å²) in [5, 5.41) is -0.119. The molecule has 0 saturated heterocycles. The van der Waals surface area contributed by atoms with Crippen LogP contribution in [0.2, 0.25) is 5.02 Å². The van der Waals surface area contributed by atoms with Gasteiger partial charge in [-0.25, -0.2) is 4.39 Å². The van der Waals surface area contributed by atoms with Crippen LogP contribution in [0.3, 0.4) is 0 Å². The summed E-state index contributed by atoms with van der Waals surface area (Å²) in [5.74, 6) is -0.784. The number of ether oxygens (including phenoxy) is 1. The van der Waals surface area contributed by atoms with Crippen molar-refractivity contribution < 1.29 is 13.9 Å². The van der Waals surface area contributed by atoms with Gasteiger partial charge in [-0.1, -0.05) is 41.9 Å². The van der Waals surface area contributed by atoms with Crippen LogP contribution in [0.4, 0.5) is 4.39 Å². The summed E-state index contributed by atoms with van der Waals surface area (Å²) in [4.78, 5) is 12.4. The van der Waals surface area contributed by atoms with Crippen LogP contribution in [0, 0.1) is 5.82 Å². The summed E-state index contributed by atoms with van der Waals surface area (Å²) in [5.41, 5.74) is 2.44. The Hall–Kier alpha value is -1.71. The number of carbonyl (C=O) groups excluding carboxylic acids is 1. The largest absolute Gasteiger partial charge is 0.373 e. The maximum absolute atomic E-state index is 13.4. The first kappa shape index (κ1) is 14.2. The third-order valence-corrected chi connectivity index (χ3v) is 4.10. The quantitative estimate of drug-likeness (QED) is 0.787. The summed E-state index contributed by atoms with van der Waals surface area (Å²) in [7, 11) is 0. The Morgan fingerprint density at radius 2 is 2.05 bits per heavy atom. The molecule has 1 heterocycles. The lowest BCUT2D eigenvalue weighted by Gasteiger charge is -2.25. The van der Waals surface area contributed by atoms with E-state index in [0.29, 0.717) is 6.61 Å². The Morgan fingerprint density at radius 3 is 2.90 bits per heavy atom. The number of Topliss-reactive ketones (excluding diaryl/α,β-unsaturated/α-hetero) is 1.